The topological polar surface area (TPSA) is 42.0 Å². The van der Waals surface area contributed by atoms with Crippen LogP contribution in [0.4, 0.5) is 0 Å². The third-order valence-electron chi connectivity index (χ3n) is 6.08. The molecule has 1 heterocycles. The molecule has 0 radical (unpaired) electrons. The lowest BCUT2D eigenvalue weighted by Gasteiger charge is -2.37. The Balaban J connectivity index is 1.62. The monoisotopic (exact) mass is 458 g/mol. The number of methoxy groups -OCH3 is 1. The molecule has 2 aromatic rings. The highest BCUT2D eigenvalue weighted by molar-refractivity contribution is 6.30. The SMILES string of the molecule is CCC[C@@H](C)C(=O)N1CCN(C[C@@H](OCc2cccc(OC)c2)c2ccc(Cl)cc2)CC1. The van der Waals surface area contributed by atoms with Gasteiger partial charge in [0.15, 0.2) is 0 Å². The Labute approximate surface area is 197 Å². The van der Waals surface area contributed by atoms with Gasteiger partial charge in [-0.2, -0.15) is 0 Å². The highest BCUT2D eigenvalue weighted by atomic mass is 35.5. The van der Waals surface area contributed by atoms with Crippen molar-refractivity contribution in [3.05, 3.63) is 64.7 Å². The molecule has 1 amide bonds. The quantitative estimate of drug-likeness (QED) is 0.491. The lowest BCUT2D eigenvalue weighted by atomic mass is 10.0. The number of hydrogen-bond acceptors (Lipinski definition) is 4. The van der Waals surface area contributed by atoms with Gasteiger partial charge in [0, 0.05) is 43.7 Å². The van der Waals surface area contributed by atoms with E-state index in [4.69, 9.17) is 21.1 Å². The van der Waals surface area contributed by atoms with Crippen LogP contribution in [0.2, 0.25) is 5.02 Å². The van der Waals surface area contributed by atoms with Gasteiger partial charge in [-0.3, -0.25) is 9.69 Å². The molecule has 6 heteroatoms. The average molecular weight is 459 g/mol. The van der Waals surface area contributed by atoms with E-state index in [2.05, 4.69) is 11.8 Å². The predicted octanol–water partition coefficient (Wildman–Crippen LogP) is 5.19. The molecule has 0 aliphatic carbocycles. The number of halogens is 1. The van der Waals surface area contributed by atoms with Gasteiger partial charge in [0.25, 0.3) is 0 Å². The minimum absolute atomic E-state index is 0.0836. The number of carbonyl (C=O) groups is 1. The fourth-order valence-electron chi connectivity index (χ4n) is 4.14. The van der Waals surface area contributed by atoms with Gasteiger partial charge in [-0.15, -0.1) is 0 Å². The molecule has 1 fully saturated rings. The Bertz CT molecular complexity index is 850. The number of carbonyl (C=O) groups excluding carboxylic acids is 1. The van der Waals surface area contributed by atoms with Crippen molar-refractivity contribution >= 4 is 17.5 Å². The Morgan fingerprint density at radius 1 is 1.09 bits per heavy atom. The molecule has 0 spiro atoms. The highest BCUT2D eigenvalue weighted by Gasteiger charge is 2.26. The minimum Gasteiger partial charge on any atom is -0.497 e. The summed E-state index contributed by atoms with van der Waals surface area (Å²) in [6.45, 7) is 8.71. The van der Waals surface area contributed by atoms with Crippen LogP contribution in [0.3, 0.4) is 0 Å². The Morgan fingerprint density at radius 3 is 2.47 bits per heavy atom. The second kappa shape index (κ2) is 12.2. The van der Waals surface area contributed by atoms with E-state index in [0.717, 1.165) is 62.4 Å². The molecule has 1 saturated heterocycles. The first-order valence-corrected chi connectivity index (χ1v) is 11.9. The second-order valence-corrected chi connectivity index (χ2v) is 8.95. The molecule has 3 rings (SSSR count). The number of piperazine rings is 1. The Morgan fingerprint density at radius 2 is 1.81 bits per heavy atom. The van der Waals surface area contributed by atoms with Crippen LogP contribution in [0.1, 0.15) is 43.9 Å². The van der Waals surface area contributed by atoms with Crippen molar-refractivity contribution in [1.82, 2.24) is 9.80 Å². The third-order valence-corrected chi connectivity index (χ3v) is 6.33. The van der Waals surface area contributed by atoms with Crippen LogP contribution < -0.4 is 4.74 Å². The summed E-state index contributed by atoms with van der Waals surface area (Å²) in [5, 5.41) is 0.716. The molecule has 32 heavy (non-hydrogen) atoms. The summed E-state index contributed by atoms with van der Waals surface area (Å²) in [6.07, 6.45) is 1.91. The third kappa shape index (κ3) is 6.96. The van der Waals surface area contributed by atoms with E-state index in [0.29, 0.717) is 11.6 Å². The molecule has 1 aliphatic heterocycles. The van der Waals surface area contributed by atoms with Crippen molar-refractivity contribution < 1.29 is 14.3 Å². The fraction of sp³-hybridized carbons (Fsp3) is 0.500. The molecule has 2 atom stereocenters. The number of nitrogens with zero attached hydrogens (tertiary/aromatic N) is 2. The van der Waals surface area contributed by atoms with Crippen molar-refractivity contribution in [2.75, 3.05) is 39.8 Å². The molecular weight excluding hydrogens is 424 g/mol. The number of hydrogen-bond donors (Lipinski definition) is 0. The van der Waals surface area contributed by atoms with E-state index >= 15 is 0 Å². The van der Waals surface area contributed by atoms with Crippen LogP contribution in [0.25, 0.3) is 0 Å². The van der Waals surface area contributed by atoms with Gasteiger partial charge in [-0.05, 0) is 41.8 Å². The molecule has 0 aromatic heterocycles. The number of amides is 1. The van der Waals surface area contributed by atoms with Crippen molar-refractivity contribution in [1.29, 1.82) is 0 Å². The van der Waals surface area contributed by atoms with E-state index < -0.39 is 0 Å². The normalized spacial score (nSPS) is 16.6. The standard InChI is InChI=1S/C26H35ClN2O3/c1-4-6-20(2)26(30)29-15-13-28(14-16-29)18-25(22-9-11-23(27)12-10-22)32-19-21-7-5-8-24(17-21)31-3/h5,7-12,17,20,25H,4,6,13-16,18-19H2,1-3H3/t20-,25-/m1/s1. The first kappa shape index (κ1) is 24.6. The van der Waals surface area contributed by atoms with Gasteiger partial charge in [-0.25, -0.2) is 0 Å². The van der Waals surface area contributed by atoms with Crippen LogP contribution in [0, 0.1) is 5.92 Å². The molecular formula is C26H35ClN2O3. The van der Waals surface area contributed by atoms with Crippen molar-refractivity contribution in [3.8, 4) is 5.75 Å². The van der Waals surface area contributed by atoms with Gasteiger partial charge in [-0.1, -0.05) is 56.1 Å². The van der Waals surface area contributed by atoms with Gasteiger partial charge >= 0.3 is 0 Å². The lowest BCUT2D eigenvalue weighted by molar-refractivity contribution is -0.137. The fourth-order valence-corrected chi connectivity index (χ4v) is 4.27. The van der Waals surface area contributed by atoms with Crippen molar-refractivity contribution in [2.24, 2.45) is 5.92 Å². The summed E-state index contributed by atoms with van der Waals surface area (Å²) in [4.78, 5) is 17.0. The summed E-state index contributed by atoms with van der Waals surface area (Å²) < 4.78 is 11.7. The van der Waals surface area contributed by atoms with Gasteiger partial charge in [0.2, 0.25) is 5.91 Å². The number of benzene rings is 2. The maximum atomic E-state index is 12.6. The van der Waals surface area contributed by atoms with E-state index in [1.165, 1.54) is 0 Å². The second-order valence-electron chi connectivity index (χ2n) is 8.52. The van der Waals surface area contributed by atoms with Crippen LogP contribution in [0.15, 0.2) is 48.5 Å². The molecule has 0 N–H and O–H groups in total. The minimum atomic E-state index is -0.0836. The number of rotatable bonds is 10. The maximum absolute atomic E-state index is 12.6. The largest absolute Gasteiger partial charge is 0.497 e. The zero-order valence-corrected chi connectivity index (χ0v) is 20.2. The Hall–Kier alpha value is -2.08. The molecule has 0 unspecified atom stereocenters. The summed E-state index contributed by atoms with van der Waals surface area (Å²) in [5.74, 6) is 1.22. The first-order valence-electron chi connectivity index (χ1n) is 11.5. The van der Waals surface area contributed by atoms with Crippen LogP contribution >= 0.6 is 11.6 Å². The lowest BCUT2D eigenvalue weighted by Crippen LogP contribution is -2.50. The molecule has 1 aliphatic rings. The first-order chi connectivity index (χ1) is 15.5. The molecule has 5 nitrogen and oxygen atoms in total. The van der Waals surface area contributed by atoms with E-state index in [1.54, 1.807) is 7.11 Å². The summed E-state index contributed by atoms with van der Waals surface area (Å²) in [5.41, 5.74) is 2.18. The highest BCUT2D eigenvalue weighted by Crippen LogP contribution is 2.24. The van der Waals surface area contributed by atoms with Gasteiger partial charge in [0.05, 0.1) is 19.8 Å². The maximum Gasteiger partial charge on any atom is 0.225 e. The van der Waals surface area contributed by atoms with E-state index in [9.17, 15) is 4.79 Å². The molecule has 0 bridgehead atoms. The van der Waals surface area contributed by atoms with E-state index in [-0.39, 0.29) is 17.9 Å². The number of ether oxygens (including phenoxy) is 2. The van der Waals surface area contributed by atoms with Crippen molar-refractivity contribution in [2.45, 2.75) is 39.4 Å². The predicted molar refractivity (Wildman–Crippen MR) is 129 cm³/mol. The zero-order valence-electron chi connectivity index (χ0n) is 19.4. The van der Waals surface area contributed by atoms with Gasteiger partial charge in [0.1, 0.15) is 5.75 Å². The average Bonchev–Trinajstić information content (AvgIpc) is 2.82. The van der Waals surface area contributed by atoms with Crippen LogP contribution in [0.5, 0.6) is 5.75 Å². The smallest absolute Gasteiger partial charge is 0.225 e. The van der Waals surface area contributed by atoms with E-state index in [1.807, 2.05) is 60.4 Å². The zero-order chi connectivity index (χ0) is 22.9. The molecule has 0 saturated carbocycles. The van der Waals surface area contributed by atoms with Crippen LogP contribution in [-0.4, -0.2) is 55.5 Å². The van der Waals surface area contributed by atoms with Crippen LogP contribution in [-0.2, 0) is 16.1 Å². The van der Waals surface area contributed by atoms with Gasteiger partial charge < -0.3 is 14.4 Å². The van der Waals surface area contributed by atoms with Crippen molar-refractivity contribution in [3.63, 3.8) is 0 Å². The summed E-state index contributed by atoms with van der Waals surface area (Å²) in [7, 11) is 1.67. The Kier molecular flexibility index (Phi) is 9.39. The molecule has 2 aromatic carbocycles. The molecule has 174 valence electrons. The summed E-state index contributed by atoms with van der Waals surface area (Å²) >= 11 is 6.11. The summed E-state index contributed by atoms with van der Waals surface area (Å²) in [6, 6.07) is 15.8.